The first-order valence-corrected chi connectivity index (χ1v) is 11.8. The molecule has 0 aliphatic carbocycles. The van der Waals surface area contributed by atoms with Gasteiger partial charge in [-0.1, -0.05) is 11.8 Å². The number of amidine groups is 1. The molecule has 1 amide bonds. The third-order valence-electron chi connectivity index (χ3n) is 5.48. The van der Waals surface area contributed by atoms with Crippen molar-refractivity contribution in [2.75, 3.05) is 31.4 Å². The zero-order valence-corrected chi connectivity index (χ0v) is 19.1. The number of aliphatic imine (C=N–C) groups is 1. The zero-order chi connectivity index (χ0) is 22.9. The predicted octanol–water partition coefficient (Wildman–Crippen LogP) is 3.21. The van der Waals surface area contributed by atoms with Crippen LogP contribution in [-0.2, 0) is 20.9 Å². The Labute approximate surface area is 192 Å². The smallest absolute Gasteiger partial charge is 0.297 e. The molecular weight excluding hydrogens is 460 g/mol. The molecule has 2 aromatic heterocycles. The molecule has 1 fully saturated rings. The molecule has 0 radical (unpaired) electrons. The van der Waals surface area contributed by atoms with E-state index in [1.807, 2.05) is 6.92 Å². The standard InChI is InChI=1S/C20H23F2N5O3S2/c1-11-5-13-7-32-18(23)27-19(13,9-30-11)17-26-15(8-31-17)25-16(28)14-4-3-12(6-24-14)20(21,22)10-29-2/h3-4,6,8,11,13H,5,7,9-10H2,1-2H3,(H2,23,27)(H,25,28)/t11-,13-,19?/m0/s1. The Morgan fingerprint density at radius 2 is 2.28 bits per heavy atom. The van der Waals surface area contributed by atoms with Gasteiger partial charge in [0.25, 0.3) is 11.8 Å². The molecule has 2 aromatic rings. The van der Waals surface area contributed by atoms with E-state index in [4.69, 9.17) is 15.5 Å². The number of carbonyl (C=O) groups excluding carboxylic acids is 1. The van der Waals surface area contributed by atoms with Gasteiger partial charge in [0.15, 0.2) is 5.17 Å². The molecule has 12 heteroatoms. The number of methoxy groups -OCH3 is 1. The van der Waals surface area contributed by atoms with Crippen molar-refractivity contribution in [2.24, 2.45) is 16.6 Å². The lowest BCUT2D eigenvalue weighted by atomic mass is 9.80. The molecule has 2 aliphatic rings. The number of aromatic nitrogens is 2. The molecule has 0 bridgehead atoms. The fourth-order valence-electron chi connectivity index (χ4n) is 3.80. The van der Waals surface area contributed by atoms with Crippen LogP contribution < -0.4 is 11.1 Å². The van der Waals surface area contributed by atoms with Gasteiger partial charge in [-0.15, -0.1) is 11.3 Å². The summed E-state index contributed by atoms with van der Waals surface area (Å²) in [6.07, 6.45) is 1.95. The quantitative estimate of drug-likeness (QED) is 0.649. The molecule has 3 N–H and O–H groups in total. The van der Waals surface area contributed by atoms with Crippen LogP contribution in [0.2, 0.25) is 0 Å². The Morgan fingerprint density at radius 1 is 1.47 bits per heavy atom. The van der Waals surface area contributed by atoms with Gasteiger partial charge in [-0.25, -0.2) is 9.98 Å². The number of fused-ring (bicyclic) bond motifs is 1. The Kier molecular flexibility index (Phi) is 6.48. The van der Waals surface area contributed by atoms with Crippen molar-refractivity contribution in [1.29, 1.82) is 0 Å². The van der Waals surface area contributed by atoms with E-state index in [1.54, 1.807) is 5.38 Å². The van der Waals surface area contributed by atoms with Crippen molar-refractivity contribution in [3.05, 3.63) is 40.0 Å². The third kappa shape index (κ3) is 4.49. The van der Waals surface area contributed by atoms with Crippen LogP contribution in [0.25, 0.3) is 0 Å². The molecule has 0 saturated carbocycles. The first-order chi connectivity index (χ1) is 15.2. The zero-order valence-electron chi connectivity index (χ0n) is 17.5. The average Bonchev–Trinajstić information content (AvgIpc) is 3.23. The fourth-order valence-corrected chi connectivity index (χ4v) is 5.77. The minimum Gasteiger partial charge on any atom is -0.379 e. The van der Waals surface area contributed by atoms with Crippen molar-refractivity contribution in [2.45, 2.75) is 30.9 Å². The summed E-state index contributed by atoms with van der Waals surface area (Å²) >= 11 is 2.90. The second-order valence-corrected chi connectivity index (χ2v) is 9.70. The van der Waals surface area contributed by atoms with E-state index < -0.39 is 24.0 Å². The van der Waals surface area contributed by atoms with Crippen LogP contribution in [0.15, 0.2) is 28.7 Å². The largest absolute Gasteiger partial charge is 0.379 e. The fraction of sp³-hybridized carbons (Fsp3) is 0.500. The number of ether oxygens (including phenoxy) is 2. The van der Waals surface area contributed by atoms with Gasteiger partial charge in [0, 0.05) is 35.9 Å². The van der Waals surface area contributed by atoms with Crippen LogP contribution in [-0.4, -0.2) is 53.2 Å². The Morgan fingerprint density at radius 3 is 3.00 bits per heavy atom. The number of nitrogens with zero attached hydrogens (tertiary/aromatic N) is 3. The highest BCUT2D eigenvalue weighted by Gasteiger charge is 2.49. The predicted molar refractivity (Wildman–Crippen MR) is 119 cm³/mol. The lowest BCUT2D eigenvalue weighted by Gasteiger charge is -2.44. The third-order valence-corrected chi connectivity index (χ3v) is 7.45. The highest BCUT2D eigenvalue weighted by Crippen LogP contribution is 2.47. The van der Waals surface area contributed by atoms with Gasteiger partial charge in [-0.2, -0.15) is 8.78 Å². The van der Waals surface area contributed by atoms with E-state index in [0.717, 1.165) is 29.4 Å². The SMILES string of the molecule is COCC(F)(F)c1ccc(C(=O)Nc2csc(C34CO[C@@H](C)C[C@H]3CSC(N)=N4)n2)nc1. The van der Waals surface area contributed by atoms with E-state index in [2.05, 4.69) is 20.0 Å². The highest BCUT2D eigenvalue weighted by atomic mass is 32.2. The number of halogens is 2. The summed E-state index contributed by atoms with van der Waals surface area (Å²) in [7, 11) is 1.19. The van der Waals surface area contributed by atoms with Gasteiger partial charge >= 0.3 is 0 Å². The Balaban J connectivity index is 1.51. The van der Waals surface area contributed by atoms with E-state index in [1.165, 1.54) is 36.3 Å². The number of amides is 1. The lowest BCUT2D eigenvalue weighted by Crippen LogP contribution is -2.49. The van der Waals surface area contributed by atoms with Crippen molar-refractivity contribution in [3.8, 4) is 0 Å². The van der Waals surface area contributed by atoms with Crippen LogP contribution in [0, 0.1) is 5.92 Å². The maximum Gasteiger partial charge on any atom is 0.297 e. The first-order valence-electron chi connectivity index (χ1n) is 9.94. The van der Waals surface area contributed by atoms with Gasteiger partial charge in [0.1, 0.15) is 28.7 Å². The number of nitrogens with two attached hydrogens (primary N) is 1. The normalized spacial score (nSPS) is 25.7. The summed E-state index contributed by atoms with van der Waals surface area (Å²) < 4.78 is 38.2. The van der Waals surface area contributed by atoms with Crippen molar-refractivity contribution in [3.63, 3.8) is 0 Å². The number of pyridine rings is 1. The van der Waals surface area contributed by atoms with Crippen molar-refractivity contribution in [1.82, 2.24) is 9.97 Å². The second kappa shape index (κ2) is 9.00. The number of carbonyl (C=O) groups is 1. The average molecular weight is 484 g/mol. The van der Waals surface area contributed by atoms with Crippen LogP contribution in [0.5, 0.6) is 0 Å². The molecule has 1 saturated heterocycles. The molecular formula is C20H23F2N5O3S2. The molecule has 0 spiro atoms. The minimum absolute atomic E-state index is 0.00119. The monoisotopic (exact) mass is 483 g/mol. The number of nitrogens with one attached hydrogen (secondary N) is 1. The van der Waals surface area contributed by atoms with Crippen molar-refractivity contribution < 1.29 is 23.0 Å². The molecule has 1 unspecified atom stereocenters. The maximum atomic E-state index is 13.9. The molecule has 4 rings (SSSR count). The van der Waals surface area contributed by atoms with Crippen LogP contribution in [0.4, 0.5) is 14.6 Å². The maximum absolute atomic E-state index is 13.9. The summed E-state index contributed by atoms with van der Waals surface area (Å²) in [5.41, 5.74) is 5.03. The topological polar surface area (TPSA) is 112 Å². The number of alkyl halides is 2. The van der Waals surface area contributed by atoms with Gasteiger partial charge < -0.3 is 20.5 Å². The minimum atomic E-state index is -3.18. The number of hydrogen-bond acceptors (Lipinski definition) is 9. The van der Waals surface area contributed by atoms with Gasteiger partial charge in [0.2, 0.25) is 0 Å². The van der Waals surface area contributed by atoms with Crippen molar-refractivity contribution >= 4 is 40.0 Å². The molecule has 4 heterocycles. The Hall–Kier alpha value is -2.15. The summed E-state index contributed by atoms with van der Waals surface area (Å²) in [5.74, 6) is -2.34. The van der Waals surface area contributed by atoms with Gasteiger partial charge in [-0.05, 0) is 25.5 Å². The molecule has 8 nitrogen and oxygen atoms in total. The summed E-state index contributed by atoms with van der Waals surface area (Å²) in [5, 5.41) is 5.60. The number of thioether (sulfide) groups is 1. The number of rotatable bonds is 6. The molecule has 172 valence electrons. The highest BCUT2D eigenvalue weighted by molar-refractivity contribution is 8.13. The molecule has 3 atom stereocenters. The molecule has 0 aromatic carbocycles. The summed E-state index contributed by atoms with van der Waals surface area (Å²) in [6, 6.07) is 2.41. The van der Waals surface area contributed by atoms with Crippen LogP contribution in [0.1, 0.15) is 34.4 Å². The second-order valence-electron chi connectivity index (χ2n) is 7.80. The first kappa shape index (κ1) is 23.0. The van der Waals surface area contributed by atoms with E-state index in [9.17, 15) is 13.6 Å². The van der Waals surface area contributed by atoms with E-state index in [0.29, 0.717) is 17.6 Å². The summed E-state index contributed by atoms with van der Waals surface area (Å²) in [4.78, 5) is 25.7. The molecule has 32 heavy (non-hydrogen) atoms. The van der Waals surface area contributed by atoms with Crippen LogP contribution in [0.3, 0.4) is 0 Å². The Bertz CT molecular complexity index is 1020. The molecule has 2 aliphatic heterocycles. The lowest BCUT2D eigenvalue weighted by molar-refractivity contribution is -0.0700. The van der Waals surface area contributed by atoms with E-state index in [-0.39, 0.29) is 23.3 Å². The van der Waals surface area contributed by atoms with Crippen LogP contribution >= 0.6 is 23.1 Å². The van der Waals surface area contributed by atoms with E-state index >= 15 is 0 Å². The van der Waals surface area contributed by atoms with Gasteiger partial charge in [0.05, 0.1) is 12.7 Å². The number of hydrogen-bond donors (Lipinski definition) is 2. The van der Waals surface area contributed by atoms with Gasteiger partial charge in [-0.3, -0.25) is 9.78 Å². The summed E-state index contributed by atoms with van der Waals surface area (Å²) in [6.45, 7) is 1.64. The number of thiazole rings is 1. The number of anilines is 1.